The summed E-state index contributed by atoms with van der Waals surface area (Å²) in [4.78, 5) is 31.5. The molecule has 0 bridgehead atoms. The molecular weight excluding hydrogens is 400 g/mol. The molecule has 7 heteroatoms. The Labute approximate surface area is 171 Å². The third-order valence-electron chi connectivity index (χ3n) is 2.88. The Kier molecular flexibility index (Phi) is 12.1. The second kappa shape index (κ2) is 13.8. The van der Waals surface area contributed by atoms with Crippen LogP contribution in [0.1, 0.15) is 0 Å². The normalized spacial score (nSPS) is 8.57. The first-order valence-electron chi connectivity index (χ1n) is 7.71. The van der Waals surface area contributed by atoms with Crippen LogP contribution in [0, 0.1) is 0 Å². The first-order valence-corrected chi connectivity index (χ1v) is 7.71. The molecule has 3 aromatic rings. The van der Waals surface area contributed by atoms with Crippen LogP contribution in [-0.4, -0.2) is 0 Å². The molecule has 0 aliphatic carbocycles. The quantitative estimate of drug-likeness (QED) is 0.523. The zero-order valence-corrected chi connectivity index (χ0v) is 15.8. The standard InChI is InChI=1S/3C7H6O2.Cr/c3*8-6-4-2-1-3-5-7(6)9;/h3*1-5H,(H,8,9);/q;;;+3/p-3. The molecule has 6 nitrogen and oxygen atoms in total. The SMILES string of the molecule is O=c1cccccc1[O-].O=c1cccccc1[O-].O=c1cccccc1[O-].[Cr+3]. The van der Waals surface area contributed by atoms with Gasteiger partial charge >= 0.3 is 17.4 Å². The Hall–Kier alpha value is -3.40. The van der Waals surface area contributed by atoms with E-state index in [1.54, 1.807) is 54.6 Å². The average Bonchev–Trinajstić information content (AvgIpc) is 3.04. The minimum atomic E-state index is -0.458. The first-order chi connectivity index (χ1) is 12.9. The van der Waals surface area contributed by atoms with Gasteiger partial charge in [-0.2, -0.15) is 0 Å². The number of rotatable bonds is 0. The zero-order valence-electron chi connectivity index (χ0n) is 14.5. The fourth-order valence-electron chi connectivity index (χ4n) is 1.54. The summed E-state index contributed by atoms with van der Waals surface area (Å²) < 4.78 is 0. The average molecular weight is 415 g/mol. The van der Waals surface area contributed by atoms with Gasteiger partial charge in [-0.1, -0.05) is 90.0 Å². The monoisotopic (exact) mass is 415 g/mol. The van der Waals surface area contributed by atoms with Gasteiger partial charge in [-0.3, -0.25) is 14.4 Å². The number of hydrogen-bond acceptors (Lipinski definition) is 6. The summed E-state index contributed by atoms with van der Waals surface area (Å²) in [6.07, 6.45) is 0. The van der Waals surface area contributed by atoms with Crippen LogP contribution in [0.3, 0.4) is 0 Å². The minimum absolute atomic E-state index is 0. The van der Waals surface area contributed by atoms with E-state index in [4.69, 9.17) is 0 Å². The second-order valence-corrected chi connectivity index (χ2v) is 4.92. The molecule has 0 heterocycles. The zero-order chi connectivity index (χ0) is 20.1. The molecular formula is C21H15CrO6. The minimum Gasteiger partial charge on any atom is -0.870 e. The molecule has 141 valence electrons. The summed E-state index contributed by atoms with van der Waals surface area (Å²) in [6.45, 7) is 0. The molecule has 0 N–H and O–H groups in total. The molecule has 3 rings (SSSR count). The topological polar surface area (TPSA) is 120 Å². The molecule has 0 aliphatic rings. The van der Waals surface area contributed by atoms with Crippen molar-refractivity contribution in [2.45, 2.75) is 0 Å². The summed E-state index contributed by atoms with van der Waals surface area (Å²) >= 11 is 0. The van der Waals surface area contributed by atoms with Crippen LogP contribution < -0.4 is 31.6 Å². The van der Waals surface area contributed by atoms with Gasteiger partial charge in [-0.25, -0.2) is 0 Å². The largest absolute Gasteiger partial charge is 3.00 e. The molecule has 0 atom stereocenters. The molecule has 0 spiro atoms. The molecule has 28 heavy (non-hydrogen) atoms. The van der Waals surface area contributed by atoms with Gasteiger partial charge in [0.05, 0.1) is 0 Å². The molecule has 1 radical (unpaired) electrons. The molecule has 3 aromatic carbocycles. The van der Waals surface area contributed by atoms with E-state index in [9.17, 15) is 29.7 Å². The van der Waals surface area contributed by atoms with E-state index in [-0.39, 0.29) is 17.4 Å². The van der Waals surface area contributed by atoms with Crippen molar-refractivity contribution in [3.8, 4) is 17.2 Å². The van der Waals surface area contributed by atoms with Crippen LogP contribution in [0.25, 0.3) is 0 Å². The predicted octanol–water partition coefficient (Wildman–Crippen LogP) is 0.359. The van der Waals surface area contributed by atoms with Crippen LogP contribution in [0.5, 0.6) is 17.2 Å². The van der Waals surface area contributed by atoms with Gasteiger partial charge in [0, 0.05) is 0 Å². The summed E-state index contributed by atoms with van der Waals surface area (Å²) in [5.41, 5.74) is -1.37. The van der Waals surface area contributed by atoms with Crippen LogP contribution in [0.15, 0.2) is 105 Å². The van der Waals surface area contributed by atoms with E-state index in [1.807, 2.05) is 0 Å². The fraction of sp³-hybridized carbons (Fsp3) is 0. The molecule has 0 saturated heterocycles. The molecule has 0 unspecified atom stereocenters. The third kappa shape index (κ3) is 9.92. The maximum absolute atomic E-state index is 10.5. The van der Waals surface area contributed by atoms with E-state index < -0.39 is 33.5 Å². The molecule has 0 saturated carbocycles. The van der Waals surface area contributed by atoms with E-state index in [0.717, 1.165) is 0 Å². The van der Waals surface area contributed by atoms with E-state index in [1.165, 1.54) is 36.4 Å². The molecule has 0 amide bonds. The Balaban J connectivity index is 0.000000384. The van der Waals surface area contributed by atoms with Crippen LogP contribution >= 0.6 is 0 Å². The van der Waals surface area contributed by atoms with Crippen LogP contribution in [0.2, 0.25) is 0 Å². The maximum Gasteiger partial charge on any atom is 3.00 e. The second-order valence-electron chi connectivity index (χ2n) is 4.92. The van der Waals surface area contributed by atoms with Crippen LogP contribution in [0.4, 0.5) is 0 Å². The summed E-state index contributed by atoms with van der Waals surface area (Å²) in [5, 5.41) is 31.5. The van der Waals surface area contributed by atoms with Gasteiger partial charge < -0.3 is 15.3 Å². The van der Waals surface area contributed by atoms with Crippen molar-refractivity contribution in [1.29, 1.82) is 0 Å². The molecule has 0 aromatic heterocycles. The summed E-state index contributed by atoms with van der Waals surface area (Å²) in [6, 6.07) is 21.7. The van der Waals surface area contributed by atoms with Gasteiger partial charge in [0.2, 0.25) is 0 Å². The Morgan fingerprint density at radius 2 is 0.607 bits per heavy atom. The predicted molar refractivity (Wildman–Crippen MR) is 96.5 cm³/mol. The summed E-state index contributed by atoms with van der Waals surface area (Å²) in [5.74, 6) is -1.37. The molecule has 0 aliphatic heterocycles. The van der Waals surface area contributed by atoms with E-state index in [2.05, 4.69) is 0 Å². The Morgan fingerprint density at radius 3 is 0.857 bits per heavy atom. The van der Waals surface area contributed by atoms with E-state index in [0.29, 0.717) is 0 Å². The first kappa shape index (κ1) is 24.6. The molecule has 0 fully saturated rings. The third-order valence-corrected chi connectivity index (χ3v) is 2.88. The van der Waals surface area contributed by atoms with Crippen LogP contribution in [-0.2, 0) is 17.4 Å². The van der Waals surface area contributed by atoms with Gasteiger partial charge in [0.15, 0.2) is 16.3 Å². The smallest absolute Gasteiger partial charge is 0.870 e. The fourth-order valence-corrected chi connectivity index (χ4v) is 1.54. The van der Waals surface area contributed by atoms with Gasteiger partial charge in [-0.15, -0.1) is 0 Å². The van der Waals surface area contributed by atoms with E-state index >= 15 is 0 Å². The van der Waals surface area contributed by atoms with Crippen molar-refractivity contribution in [2.75, 3.05) is 0 Å². The van der Waals surface area contributed by atoms with Crippen molar-refractivity contribution < 1.29 is 32.7 Å². The Bertz CT molecular complexity index is 906. The van der Waals surface area contributed by atoms with Crippen molar-refractivity contribution in [2.24, 2.45) is 0 Å². The van der Waals surface area contributed by atoms with Crippen molar-refractivity contribution in [1.82, 2.24) is 0 Å². The van der Waals surface area contributed by atoms with Crippen molar-refractivity contribution >= 4 is 0 Å². The number of hydrogen-bond donors (Lipinski definition) is 0. The summed E-state index contributed by atoms with van der Waals surface area (Å²) in [7, 11) is 0. The van der Waals surface area contributed by atoms with Crippen molar-refractivity contribution in [3.05, 3.63) is 122 Å². The van der Waals surface area contributed by atoms with Crippen molar-refractivity contribution in [3.63, 3.8) is 0 Å². The Morgan fingerprint density at radius 1 is 0.393 bits per heavy atom. The van der Waals surface area contributed by atoms with Gasteiger partial charge in [0.25, 0.3) is 0 Å². The maximum atomic E-state index is 10.5. The van der Waals surface area contributed by atoms with Gasteiger partial charge in [0.1, 0.15) is 0 Å². The van der Waals surface area contributed by atoms with Gasteiger partial charge in [-0.05, 0) is 18.2 Å².